The summed E-state index contributed by atoms with van der Waals surface area (Å²) in [6.07, 6.45) is 38.0. The molecular formula is C40H70O6. The number of esters is 2. The van der Waals surface area contributed by atoms with Crippen LogP contribution in [0.1, 0.15) is 168 Å². The Morgan fingerprint density at radius 1 is 0.696 bits per heavy atom. The summed E-state index contributed by atoms with van der Waals surface area (Å²) >= 11 is 0. The monoisotopic (exact) mass is 647 g/mol. The van der Waals surface area contributed by atoms with Crippen LogP contribution in [0.15, 0.2) is 36.5 Å². The molecule has 1 aliphatic heterocycles. The maximum absolute atomic E-state index is 12.2. The van der Waals surface area contributed by atoms with E-state index in [-0.39, 0.29) is 37.4 Å². The zero-order chi connectivity index (χ0) is 33.5. The van der Waals surface area contributed by atoms with Crippen molar-refractivity contribution >= 4 is 11.9 Å². The summed E-state index contributed by atoms with van der Waals surface area (Å²) < 4.78 is 16.3. The minimum atomic E-state index is -0.799. The standard InChI is InChI=1S/C40H70O6/c1-4-5-6-7-8-9-10-13-16-19-22-25-29-37-38(46-37)30-27-32-39(42)44-34-36(33-41)45-40(43)31-26-23-20-17-14-11-12-15-18-21-24-28-35(2)3/h8-9,13,16,22,25,35-38,41H,4-7,10-12,14-15,17-21,23-24,26-34H2,1-3H3/b9-8-,16-13-,25-22-/t36-,37?,38?/m0/s1. The van der Waals surface area contributed by atoms with Crippen molar-refractivity contribution in [2.75, 3.05) is 13.2 Å². The van der Waals surface area contributed by atoms with Gasteiger partial charge in [-0.2, -0.15) is 0 Å². The third-order valence-corrected chi connectivity index (χ3v) is 8.54. The molecule has 1 saturated heterocycles. The molecule has 0 aromatic heterocycles. The number of hydrogen-bond donors (Lipinski definition) is 1. The highest BCUT2D eigenvalue weighted by Gasteiger charge is 2.36. The van der Waals surface area contributed by atoms with Gasteiger partial charge in [0, 0.05) is 12.8 Å². The topological polar surface area (TPSA) is 85.4 Å². The van der Waals surface area contributed by atoms with E-state index in [1.165, 1.54) is 83.5 Å². The predicted octanol–water partition coefficient (Wildman–Crippen LogP) is 10.5. The lowest BCUT2D eigenvalue weighted by Crippen LogP contribution is -2.28. The van der Waals surface area contributed by atoms with E-state index in [9.17, 15) is 14.7 Å². The zero-order valence-corrected chi connectivity index (χ0v) is 29.9. The first-order chi connectivity index (χ1) is 22.5. The van der Waals surface area contributed by atoms with E-state index in [2.05, 4.69) is 57.2 Å². The van der Waals surface area contributed by atoms with Gasteiger partial charge in [-0.1, -0.05) is 141 Å². The number of carbonyl (C=O) groups is 2. The molecule has 0 amide bonds. The van der Waals surface area contributed by atoms with Crippen LogP contribution in [0.2, 0.25) is 0 Å². The number of hydrogen-bond acceptors (Lipinski definition) is 6. The lowest BCUT2D eigenvalue weighted by Gasteiger charge is -2.15. The number of carbonyl (C=O) groups excluding carboxylic acids is 2. The Kier molecular flexibility index (Phi) is 27.8. The summed E-state index contributed by atoms with van der Waals surface area (Å²) in [5.41, 5.74) is 0. The summed E-state index contributed by atoms with van der Waals surface area (Å²) in [6.45, 7) is 6.37. The minimum Gasteiger partial charge on any atom is -0.462 e. The smallest absolute Gasteiger partial charge is 0.306 e. The Bertz CT molecular complexity index is 817. The molecule has 0 aromatic carbocycles. The van der Waals surface area contributed by atoms with E-state index >= 15 is 0 Å². The van der Waals surface area contributed by atoms with Crippen molar-refractivity contribution in [3.63, 3.8) is 0 Å². The van der Waals surface area contributed by atoms with Gasteiger partial charge in [0.15, 0.2) is 6.10 Å². The van der Waals surface area contributed by atoms with Crippen molar-refractivity contribution in [2.24, 2.45) is 5.92 Å². The molecule has 0 spiro atoms. The van der Waals surface area contributed by atoms with E-state index < -0.39 is 6.10 Å². The molecule has 266 valence electrons. The number of unbranched alkanes of at least 4 members (excludes halogenated alkanes) is 13. The lowest BCUT2D eigenvalue weighted by atomic mass is 10.0. The number of ether oxygens (including phenoxy) is 3. The van der Waals surface area contributed by atoms with E-state index in [0.29, 0.717) is 19.3 Å². The van der Waals surface area contributed by atoms with Gasteiger partial charge < -0.3 is 19.3 Å². The quantitative estimate of drug-likeness (QED) is 0.0339. The molecule has 6 nitrogen and oxygen atoms in total. The fourth-order valence-corrected chi connectivity index (χ4v) is 5.53. The molecule has 2 unspecified atom stereocenters. The van der Waals surface area contributed by atoms with E-state index in [1.54, 1.807) is 0 Å². The largest absolute Gasteiger partial charge is 0.462 e. The molecule has 0 aliphatic carbocycles. The first-order valence-electron chi connectivity index (χ1n) is 19.0. The summed E-state index contributed by atoms with van der Waals surface area (Å²) in [6, 6.07) is 0. The first-order valence-corrected chi connectivity index (χ1v) is 19.0. The second kappa shape index (κ2) is 30.4. The Morgan fingerprint density at radius 3 is 1.91 bits per heavy atom. The Hall–Kier alpha value is -1.92. The highest BCUT2D eigenvalue weighted by atomic mass is 16.6. The highest BCUT2D eigenvalue weighted by Crippen LogP contribution is 2.30. The van der Waals surface area contributed by atoms with Crippen LogP contribution in [0, 0.1) is 5.92 Å². The minimum absolute atomic E-state index is 0.101. The number of rotatable bonds is 32. The lowest BCUT2D eigenvalue weighted by molar-refractivity contribution is -0.161. The van der Waals surface area contributed by atoms with Gasteiger partial charge in [-0.05, 0) is 57.3 Å². The van der Waals surface area contributed by atoms with Gasteiger partial charge in [0.2, 0.25) is 0 Å². The molecule has 1 rings (SSSR count). The van der Waals surface area contributed by atoms with Crippen LogP contribution in [-0.2, 0) is 23.8 Å². The number of allylic oxidation sites excluding steroid dienone is 5. The fraction of sp³-hybridized carbons (Fsp3) is 0.800. The maximum Gasteiger partial charge on any atom is 0.306 e. The van der Waals surface area contributed by atoms with Crippen molar-refractivity contribution in [3.05, 3.63) is 36.5 Å². The molecule has 0 bridgehead atoms. The SMILES string of the molecule is CCCCC/C=C\C/C=C\C/C=C\CC1OC1CCCC(=O)OC[C@H](CO)OC(=O)CCCCCCCCCCCCCC(C)C. The van der Waals surface area contributed by atoms with E-state index in [0.717, 1.165) is 50.9 Å². The summed E-state index contributed by atoms with van der Waals surface area (Å²) in [7, 11) is 0. The molecule has 0 aromatic rings. The first kappa shape index (κ1) is 42.1. The maximum atomic E-state index is 12.2. The predicted molar refractivity (Wildman–Crippen MR) is 191 cm³/mol. The van der Waals surface area contributed by atoms with Crippen LogP contribution >= 0.6 is 0 Å². The molecule has 1 heterocycles. The van der Waals surface area contributed by atoms with Gasteiger partial charge in [0.05, 0.1) is 18.8 Å². The highest BCUT2D eigenvalue weighted by molar-refractivity contribution is 5.70. The van der Waals surface area contributed by atoms with Gasteiger partial charge in [0.25, 0.3) is 0 Å². The molecule has 1 aliphatic rings. The van der Waals surface area contributed by atoms with Crippen LogP contribution in [0.25, 0.3) is 0 Å². The van der Waals surface area contributed by atoms with Gasteiger partial charge >= 0.3 is 11.9 Å². The van der Waals surface area contributed by atoms with Crippen LogP contribution in [-0.4, -0.2) is 48.6 Å². The van der Waals surface area contributed by atoms with Crippen LogP contribution in [0.4, 0.5) is 0 Å². The van der Waals surface area contributed by atoms with Gasteiger partial charge in [-0.25, -0.2) is 0 Å². The molecule has 0 radical (unpaired) electrons. The Morgan fingerprint density at radius 2 is 1.28 bits per heavy atom. The van der Waals surface area contributed by atoms with Gasteiger partial charge in [-0.15, -0.1) is 0 Å². The Balaban J connectivity index is 1.95. The Labute approximate surface area is 282 Å². The molecule has 0 saturated carbocycles. The fourth-order valence-electron chi connectivity index (χ4n) is 5.53. The van der Waals surface area contributed by atoms with Crippen molar-refractivity contribution < 1.29 is 28.9 Å². The average Bonchev–Trinajstić information content (AvgIpc) is 3.79. The van der Waals surface area contributed by atoms with Gasteiger partial charge in [0.1, 0.15) is 6.61 Å². The van der Waals surface area contributed by atoms with E-state index in [1.807, 2.05) is 0 Å². The van der Waals surface area contributed by atoms with Crippen molar-refractivity contribution in [2.45, 2.75) is 187 Å². The van der Waals surface area contributed by atoms with Crippen molar-refractivity contribution in [3.8, 4) is 0 Å². The normalized spacial score (nSPS) is 17.1. The number of epoxide rings is 1. The van der Waals surface area contributed by atoms with Crippen LogP contribution in [0.3, 0.4) is 0 Å². The number of aliphatic hydroxyl groups is 1. The van der Waals surface area contributed by atoms with Crippen molar-refractivity contribution in [1.82, 2.24) is 0 Å². The van der Waals surface area contributed by atoms with Crippen molar-refractivity contribution in [1.29, 1.82) is 0 Å². The van der Waals surface area contributed by atoms with E-state index in [4.69, 9.17) is 14.2 Å². The van der Waals surface area contributed by atoms with Gasteiger partial charge in [-0.3, -0.25) is 9.59 Å². The molecule has 3 atom stereocenters. The average molecular weight is 647 g/mol. The third kappa shape index (κ3) is 27.2. The summed E-state index contributed by atoms with van der Waals surface area (Å²) in [4.78, 5) is 24.3. The summed E-state index contributed by atoms with van der Waals surface area (Å²) in [5.74, 6) is 0.161. The van der Waals surface area contributed by atoms with Crippen LogP contribution < -0.4 is 0 Å². The number of aliphatic hydroxyl groups excluding tert-OH is 1. The summed E-state index contributed by atoms with van der Waals surface area (Å²) in [5, 5.41) is 9.56. The molecule has 1 fully saturated rings. The molecule has 1 N–H and O–H groups in total. The molecule has 6 heteroatoms. The second-order valence-electron chi connectivity index (χ2n) is 13.5. The zero-order valence-electron chi connectivity index (χ0n) is 29.9. The second-order valence-corrected chi connectivity index (χ2v) is 13.5. The molecular weight excluding hydrogens is 576 g/mol. The van der Waals surface area contributed by atoms with Crippen LogP contribution in [0.5, 0.6) is 0 Å². The third-order valence-electron chi connectivity index (χ3n) is 8.54. The molecule has 46 heavy (non-hydrogen) atoms.